The second kappa shape index (κ2) is 13.9. The molecule has 0 heterocycles. The van der Waals surface area contributed by atoms with Crippen molar-refractivity contribution in [2.45, 2.75) is 58.9 Å². The molecule has 0 aliphatic rings. The van der Waals surface area contributed by atoms with Gasteiger partial charge in [0.1, 0.15) is 0 Å². The molecule has 0 saturated heterocycles. The van der Waals surface area contributed by atoms with Gasteiger partial charge in [-0.15, -0.1) is 0 Å². The zero-order chi connectivity index (χ0) is 39.6. The van der Waals surface area contributed by atoms with E-state index in [4.69, 9.17) is 6.57 Å². The summed E-state index contributed by atoms with van der Waals surface area (Å²) in [4.78, 5) is 8.60. The summed E-state index contributed by atoms with van der Waals surface area (Å²) in [7, 11) is -4.78. The SMILES string of the molecule is [C-]#[N+]c1ccc(N(c2cccc([Si](C)(C)C)c2)c2ccc3ccc4c(N(c5cccc([Si](C)(C)C)c5)c5cccc([Si](C)(C)C)c5)ccc5ccc2c3c54)cc1. The molecule has 3 nitrogen and oxygen atoms in total. The molecule has 0 fully saturated rings. The smallest absolute Gasteiger partial charge is 0.187 e. The largest absolute Gasteiger partial charge is 0.310 e. The van der Waals surface area contributed by atoms with Gasteiger partial charge in [0.25, 0.3) is 0 Å². The van der Waals surface area contributed by atoms with Gasteiger partial charge in [-0.3, -0.25) is 0 Å². The average molecular weight is 778 g/mol. The Balaban J connectivity index is 1.40. The maximum atomic E-state index is 7.62. The second-order valence-electron chi connectivity index (χ2n) is 18.3. The summed E-state index contributed by atoms with van der Waals surface area (Å²) in [6.45, 7) is 29.4. The zero-order valence-corrected chi connectivity index (χ0v) is 37.2. The average Bonchev–Trinajstić information content (AvgIpc) is 3.18. The molecule has 0 unspecified atom stereocenters. The minimum Gasteiger partial charge on any atom is -0.310 e. The third-order valence-corrected chi connectivity index (χ3v) is 17.4. The third kappa shape index (κ3) is 6.85. The fourth-order valence-corrected chi connectivity index (χ4v) is 11.6. The first kappa shape index (κ1) is 37.5. The molecule has 6 heteroatoms. The molecule has 0 aromatic heterocycles. The summed E-state index contributed by atoms with van der Waals surface area (Å²) in [5.74, 6) is 0. The lowest BCUT2D eigenvalue weighted by Gasteiger charge is -2.31. The van der Waals surface area contributed by atoms with Crippen LogP contribution in [0.3, 0.4) is 0 Å². The molecular weight excluding hydrogens is 727 g/mol. The molecule has 0 N–H and O–H groups in total. The second-order valence-corrected chi connectivity index (χ2v) is 33.5. The molecule has 0 aliphatic heterocycles. The third-order valence-electron chi connectivity index (χ3n) is 11.2. The van der Waals surface area contributed by atoms with E-state index in [2.05, 4.69) is 207 Å². The van der Waals surface area contributed by atoms with Crippen molar-refractivity contribution >= 4 is 112 Å². The molecule has 278 valence electrons. The van der Waals surface area contributed by atoms with Crippen molar-refractivity contribution in [2.75, 3.05) is 9.80 Å². The molecule has 0 bridgehead atoms. The highest BCUT2D eigenvalue weighted by atomic mass is 28.3. The first-order chi connectivity index (χ1) is 26.6. The van der Waals surface area contributed by atoms with Gasteiger partial charge in [0.05, 0.1) is 42.2 Å². The van der Waals surface area contributed by atoms with Crippen LogP contribution in [0.15, 0.2) is 146 Å². The molecule has 8 aromatic rings. The van der Waals surface area contributed by atoms with Gasteiger partial charge in [0.2, 0.25) is 0 Å². The van der Waals surface area contributed by atoms with E-state index in [-0.39, 0.29) is 0 Å². The van der Waals surface area contributed by atoms with Crippen molar-refractivity contribution in [1.29, 1.82) is 0 Å². The Bertz CT molecular complexity index is 2720. The molecule has 0 atom stereocenters. The lowest BCUT2D eigenvalue weighted by molar-refractivity contribution is 1.30. The van der Waals surface area contributed by atoms with Crippen molar-refractivity contribution in [1.82, 2.24) is 0 Å². The molecule has 8 aromatic carbocycles. The van der Waals surface area contributed by atoms with Gasteiger partial charge in [-0.1, -0.05) is 159 Å². The summed E-state index contributed by atoms with van der Waals surface area (Å²) in [6.07, 6.45) is 0. The fourth-order valence-electron chi connectivity index (χ4n) is 8.03. The lowest BCUT2D eigenvalue weighted by atomic mass is 9.91. The van der Waals surface area contributed by atoms with Crippen LogP contribution >= 0.6 is 0 Å². The van der Waals surface area contributed by atoms with E-state index < -0.39 is 24.2 Å². The Labute approximate surface area is 336 Å². The maximum absolute atomic E-state index is 7.62. The van der Waals surface area contributed by atoms with E-state index in [1.807, 2.05) is 12.1 Å². The van der Waals surface area contributed by atoms with E-state index in [1.54, 1.807) is 0 Å². The van der Waals surface area contributed by atoms with E-state index in [1.165, 1.54) is 64.9 Å². The van der Waals surface area contributed by atoms with Gasteiger partial charge in [0.15, 0.2) is 5.69 Å². The van der Waals surface area contributed by atoms with Crippen LogP contribution in [0.2, 0.25) is 58.9 Å². The molecule has 0 saturated carbocycles. The van der Waals surface area contributed by atoms with Crippen molar-refractivity contribution in [3.05, 3.63) is 157 Å². The topological polar surface area (TPSA) is 10.8 Å². The van der Waals surface area contributed by atoms with Crippen LogP contribution in [0.4, 0.5) is 39.8 Å². The molecule has 0 amide bonds. The predicted molar refractivity (Wildman–Crippen MR) is 255 cm³/mol. The van der Waals surface area contributed by atoms with Crippen LogP contribution in [-0.2, 0) is 0 Å². The van der Waals surface area contributed by atoms with Crippen LogP contribution in [0.5, 0.6) is 0 Å². The molecule has 0 radical (unpaired) electrons. The predicted octanol–water partition coefficient (Wildman–Crippen LogP) is 13.7. The molecule has 8 rings (SSSR count). The molecule has 0 spiro atoms. The number of anilines is 6. The fraction of sp³-hybridized carbons (Fsp3) is 0.180. The Morgan fingerprint density at radius 2 is 0.750 bits per heavy atom. The van der Waals surface area contributed by atoms with Crippen LogP contribution in [0.25, 0.3) is 37.2 Å². The Morgan fingerprint density at radius 3 is 1.11 bits per heavy atom. The monoisotopic (exact) mass is 777 g/mol. The number of rotatable bonds is 9. The van der Waals surface area contributed by atoms with Crippen molar-refractivity contribution < 1.29 is 0 Å². The van der Waals surface area contributed by atoms with Crippen LogP contribution in [0, 0.1) is 6.57 Å². The molecular formula is C50H51N3Si3. The minimum atomic E-state index is -1.60. The highest BCUT2D eigenvalue weighted by molar-refractivity contribution is 6.89. The van der Waals surface area contributed by atoms with Gasteiger partial charge >= 0.3 is 0 Å². The van der Waals surface area contributed by atoms with E-state index in [9.17, 15) is 0 Å². The first-order valence-corrected chi connectivity index (χ1v) is 30.2. The van der Waals surface area contributed by atoms with Gasteiger partial charge in [-0.05, 0) is 82.2 Å². The van der Waals surface area contributed by atoms with Crippen LogP contribution in [0.1, 0.15) is 0 Å². The number of nitrogens with zero attached hydrogens (tertiary/aromatic N) is 3. The van der Waals surface area contributed by atoms with E-state index in [0.717, 1.165) is 17.1 Å². The van der Waals surface area contributed by atoms with Crippen LogP contribution < -0.4 is 25.4 Å². The molecule has 56 heavy (non-hydrogen) atoms. The quantitative estimate of drug-likeness (QED) is 0.0821. The number of benzene rings is 8. The van der Waals surface area contributed by atoms with Gasteiger partial charge in [-0.2, -0.15) is 0 Å². The standard InChI is InChI=1S/C50H51N3Si3/c1-51-37-24-26-38(27-25-37)52(39-14-11-17-42(32-39)54(2,3)4)47-30-22-35-21-29-46-48(31-23-36-20-28-45(47)49(35)50(36)46)53(40-15-12-18-43(33-40)55(5,6)7)41-16-13-19-44(34-41)56(8,9)10/h11-34H,2-10H3. The Hall–Kier alpha value is -5.46. The first-order valence-electron chi connectivity index (χ1n) is 19.7. The van der Waals surface area contributed by atoms with Crippen LogP contribution in [-0.4, -0.2) is 24.2 Å². The minimum absolute atomic E-state index is 0.641. The van der Waals surface area contributed by atoms with E-state index >= 15 is 0 Å². The number of hydrogen-bond acceptors (Lipinski definition) is 2. The molecule has 0 aliphatic carbocycles. The normalized spacial score (nSPS) is 12.4. The lowest BCUT2D eigenvalue weighted by Crippen LogP contribution is -2.38. The summed E-state index contributed by atoms with van der Waals surface area (Å²) in [5.41, 5.74) is 7.52. The number of hydrogen-bond donors (Lipinski definition) is 0. The zero-order valence-electron chi connectivity index (χ0n) is 34.2. The summed E-state index contributed by atoms with van der Waals surface area (Å²) >= 11 is 0. The highest BCUT2D eigenvalue weighted by Crippen LogP contribution is 2.47. The van der Waals surface area contributed by atoms with Gasteiger partial charge < -0.3 is 9.80 Å². The summed E-state index contributed by atoms with van der Waals surface area (Å²) < 4.78 is 0. The van der Waals surface area contributed by atoms with Gasteiger partial charge in [0, 0.05) is 33.5 Å². The van der Waals surface area contributed by atoms with Gasteiger partial charge in [-0.25, -0.2) is 4.85 Å². The Morgan fingerprint density at radius 1 is 0.393 bits per heavy atom. The van der Waals surface area contributed by atoms with Crippen molar-refractivity contribution in [2.24, 2.45) is 0 Å². The summed E-state index contributed by atoms with van der Waals surface area (Å²) in [5, 5.41) is 11.8. The van der Waals surface area contributed by atoms with Crippen molar-refractivity contribution in [3.8, 4) is 0 Å². The van der Waals surface area contributed by atoms with E-state index in [0.29, 0.717) is 5.69 Å². The Kier molecular flexibility index (Phi) is 9.32. The summed E-state index contributed by atoms with van der Waals surface area (Å²) in [6, 6.07) is 54.2. The maximum Gasteiger partial charge on any atom is 0.187 e. The van der Waals surface area contributed by atoms with Crippen molar-refractivity contribution in [3.63, 3.8) is 0 Å². The highest BCUT2D eigenvalue weighted by Gasteiger charge is 2.26.